The minimum Gasteiger partial charge on any atom is -0.324 e. The number of hydrogen-bond acceptors (Lipinski definition) is 3. The summed E-state index contributed by atoms with van der Waals surface area (Å²) < 4.78 is 0. The van der Waals surface area contributed by atoms with Crippen LogP contribution in [0.2, 0.25) is 0 Å². The van der Waals surface area contributed by atoms with Gasteiger partial charge < -0.3 is 5.32 Å². The topological polar surface area (TPSA) is 78.4 Å². The van der Waals surface area contributed by atoms with E-state index >= 15 is 0 Å². The number of amides is 2. The molecule has 4 rings (SSSR count). The number of carbonyl (C=O) groups is 2. The Balaban J connectivity index is 2.07. The van der Waals surface area contributed by atoms with E-state index in [1.165, 1.54) is 0 Å². The van der Waals surface area contributed by atoms with Gasteiger partial charge in [0.05, 0.1) is 11.3 Å². The Kier molecular flexibility index (Phi) is 3.78. The molecule has 0 fully saturated rings. The summed E-state index contributed by atoms with van der Waals surface area (Å²) in [5, 5.41) is 11.9. The molecule has 0 atom stereocenters. The van der Waals surface area contributed by atoms with E-state index < -0.39 is 11.3 Å². The largest absolute Gasteiger partial charge is 0.324 e. The Labute approximate surface area is 150 Å². The van der Waals surface area contributed by atoms with Crippen LogP contribution in [0.1, 0.15) is 27.0 Å². The predicted molar refractivity (Wildman–Crippen MR) is 97.1 cm³/mol. The van der Waals surface area contributed by atoms with Gasteiger partial charge in [-0.2, -0.15) is 0 Å². The van der Waals surface area contributed by atoms with Gasteiger partial charge in [-0.1, -0.05) is 72.8 Å². The number of benzene rings is 3. The number of rotatable bonds is 3. The Morgan fingerprint density at radius 3 is 1.96 bits per heavy atom. The third kappa shape index (κ3) is 2.14. The Hall–Kier alpha value is -3.44. The number of hydrogen-bond donors (Lipinski definition) is 3. The SMILES string of the molecule is O=C(NO)c1cccc2c1NC(=O)C2(c1ccccc1)c1ccccc1. The highest BCUT2D eigenvalue weighted by Gasteiger charge is 2.50. The number of nitrogens with one attached hydrogen (secondary N) is 2. The van der Waals surface area contributed by atoms with E-state index in [0.717, 1.165) is 11.1 Å². The van der Waals surface area contributed by atoms with Crippen molar-refractivity contribution >= 4 is 17.5 Å². The summed E-state index contributed by atoms with van der Waals surface area (Å²) in [7, 11) is 0. The summed E-state index contributed by atoms with van der Waals surface area (Å²) in [5.41, 5.74) is 3.51. The van der Waals surface area contributed by atoms with Gasteiger partial charge in [0.1, 0.15) is 5.41 Å². The molecule has 3 N–H and O–H groups in total. The molecule has 2 amide bonds. The molecule has 26 heavy (non-hydrogen) atoms. The number of carbonyl (C=O) groups excluding carboxylic acids is 2. The van der Waals surface area contributed by atoms with Crippen molar-refractivity contribution in [3.63, 3.8) is 0 Å². The summed E-state index contributed by atoms with van der Waals surface area (Å²) in [6, 6.07) is 24.1. The first-order chi connectivity index (χ1) is 12.7. The monoisotopic (exact) mass is 344 g/mol. The summed E-state index contributed by atoms with van der Waals surface area (Å²) in [6.07, 6.45) is 0. The highest BCUT2D eigenvalue weighted by Crippen LogP contribution is 2.48. The van der Waals surface area contributed by atoms with Gasteiger partial charge >= 0.3 is 0 Å². The van der Waals surface area contributed by atoms with E-state index in [2.05, 4.69) is 5.32 Å². The fourth-order valence-corrected chi connectivity index (χ4v) is 3.69. The summed E-state index contributed by atoms with van der Waals surface area (Å²) in [6.45, 7) is 0. The van der Waals surface area contributed by atoms with Crippen molar-refractivity contribution in [3.05, 3.63) is 101 Å². The molecule has 0 saturated heterocycles. The molecule has 0 bridgehead atoms. The Bertz CT molecular complexity index is 945. The molecule has 1 heterocycles. The first-order valence-corrected chi connectivity index (χ1v) is 8.20. The molecule has 0 aliphatic carbocycles. The van der Waals surface area contributed by atoms with Crippen LogP contribution in [0.25, 0.3) is 0 Å². The average Bonchev–Trinajstić information content (AvgIpc) is 3.01. The van der Waals surface area contributed by atoms with Crippen molar-refractivity contribution < 1.29 is 14.8 Å². The number of hydroxylamine groups is 1. The van der Waals surface area contributed by atoms with Crippen LogP contribution in [0.5, 0.6) is 0 Å². The van der Waals surface area contributed by atoms with Gasteiger partial charge in [0, 0.05) is 5.56 Å². The van der Waals surface area contributed by atoms with Crippen molar-refractivity contribution in [3.8, 4) is 0 Å². The lowest BCUT2D eigenvalue weighted by molar-refractivity contribution is -0.118. The zero-order chi connectivity index (χ0) is 18.1. The fourth-order valence-electron chi connectivity index (χ4n) is 3.69. The molecular weight excluding hydrogens is 328 g/mol. The maximum Gasteiger partial charge on any atom is 0.276 e. The van der Waals surface area contributed by atoms with Crippen molar-refractivity contribution in [1.82, 2.24) is 5.48 Å². The van der Waals surface area contributed by atoms with Crippen LogP contribution in [-0.2, 0) is 10.2 Å². The highest BCUT2D eigenvalue weighted by molar-refractivity contribution is 6.15. The number of fused-ring (bicyclic) bond motifs is 1. The summed E-state index contributed by atoms with van der Waals surface area (Å²) >= 11 is 0. The molecule has 0 aromatic heterocycles. The lowest BCUT2D eigenvalue weighted by atomic mass is 9.70. The number of para-hydroxylation sites is 1. The molecule has 5 nitrogen and oxygen atoms in total. The molecule has 0 saturated carbocycles. The average molecular weight is 344 g/mol. The van der Waals surface area contributed by atoms with Gasteiger partial charge in [-0.15, -0.1) is 0 Å². The normalized spacial score (nSPS) is 14.4. The first kappa shape index (κ1) is 16.1. The Morgan fingerprint density at radius 1 is 0.846 bits per heavy atom. The quantitative estimate of drug-likeness (QED) is 0.505. The molecule has 3 aromatic carbocycles. The minimum atomic E-state index is -1.07. The molecule has 1 aliphatic heterocycles. The van der Waals surface area contributed by atoms with Gasteiger partial charge in [-0.25, -0.2) is 5.48 Å². The van der Waals surface area contributed by atoms with Crippen LogP contribution >= 0.6 is 0 Å². The molecule has 0 spiro atoms. The van der Waals surface area contributed by atoms with Crippen molar-refractivity contribution in [1.29, 1.82) is 0 Å². The maximum atomic E-state index is 13.3. The summed E-state index contributed by atoms with van der Waals surface area (Å²) in [4.78, 5) is 25.4. The van der Waals surface area contributed by atoms with E-state index in [1.807, 2.05) is 66.7 Å². The van der Waals surface area contributed by atoms with E-state index in [4.69, 9.17) is 5.21 Å². The van der Waals surface area contributed by atoms with Crippen LogP contribution in [0, 0.1) is 0 Å². The molecule has 5 heteroatoms. The molecule has 3 aromatic rings. The van der Waals surface area contributed by atoms with Crippen molar-refractivity contribution in [2.75, 3.05) is 5.32 Å². The van der Waals surface area contributed by atoms with Gasteiger partial charge in [0.15, 0.2) is 0 Å². The molecule has 128 valence electrons. The van der Waals surface area contributed by atoms with Crippen LogP contribution in [0.15, 0.2) is 78.9 Å². The third-order valence-corrected chi connectivity index (χ3v) is 4.81. The second-order valence-electron chi connectivity index (χ2n) is 6.11. The lowest BCUT2D eigenvalue weighted by Crippen LogP contribution is -2.36. The first-order valence-electron chi connectivity index (χ1n) is 8.20. The van der Waals surface area contributed by atoms with E-state index in [-0.39, 0.29) is 11.5 Å². The van der Waals surface area contributed by atoms with Crippen LogP contribution in [0.3, 0.4) is 0 Å². The molecule has 0 radical (unpaired) electrons. The molecular formula is C21H16N2O3. The second-order valence-corrected chi connectivity index (χ2v) is 6.11. The zero-order valence-corrected chi connectivity index (χ0v) is 13.8. The van der Waals surface area contributed by atoms with E-state index in [9.17, 15) is 9.59 Å². The van der Waals surface area contributed by atoms with E-state index in [0.29, 0.717) is 11.3 Å². The fraction of sp³-hybridized carbons (Fsp3) is 0.0476. The third-order valence-electron chi connectivity index (χ3n) is 4.81. The van der Waals surface area contributed by atoms with Gasteiger partial charge in [-0.05, 0) is 17.2 Å². The predicted octanol–water partition coefficient (Wildman–Crippen LogP) is 3.09. The molecule has 0 unspecified atom stereocenters. The minimum absolute atomic E-state index is 0.215. The van der Waals surface area contributed by atoms with Crippen molar-refractivity contribution in [2.24, 2.45) is 0 Å². The highest BCUT2D eigenvalue weighted by atomic mass is 16.5. The van der Waals surface area contributed by atoms with Gasteiger partial charge in [-0.3, -0.25) is 14.8 Å². The summed E-state index contributed by atoms with van der Waals surface area (Å²) in [5.74, 6) is -0.901. The number of anilines is 1. The van der Waals surface area contributed by atoms with Gasteiger partial charge in [0.2, 0.25) is 5.91 Å². The smallest absolute Gasteiger partial charge is 0.276 e. The molecule has 1 aliphatic rings. The van der Waals surface area contributed by atoms with Crippen LogP contribution in [0.4, 0.5) is 5.69 Å². The van der Waals surface area contributed by atoms with Crippen LogP contribution in [-0.4, -0.2) is 17.0 Å². The zero-order valence-electron chi connectivity index (χ0n) is 13.8. The van der Waals surface area contributed by atoms with Gasteiger partial charge in [0.25, 0.3) is 5.91 Å². The standard InChI is InChI=1S/C21H16N2O3/c24-19(23-26)16-12-7-13-17-18(16)22-20(25)21(17,14-8-3-1-4-9-14)15-10-5-2-6-11-15/h1-13,26H,(H,22,25)(H,23,24). The Morgan fingerprint density at radius 2 is 1.42 bits per heavy atom. The lowest BCUT2D eigenvalue weighted by Gasteiger charge is -2.29. The second kappa shape index (κ2) is 6.13. The van der Waals surface area contributed by atoms with E-state index in [1.54, 1.807) is 17.6 Å². The van der Waals surface area contributed by atoms with Crippen molar-refractivity contribution in [2.45, 2.75) is 5.41 Å². The van der Waals surface area contributed by atoms with Crippen LogP contribution < -0.4 is 10.8 Å². The maximum absolute atomic E-state index is 13.3.